The van der Waals surface area contributed by atoms with Crippen molar-refractivity contribution in [2.24, 2.45) is 0 Å². The number of thiazole rings is 1. The van der Waals surface area contributed by atoms with Gasteiger partial charge in [-0.05, 0) is 18.1 Å². The molecule has 7 heteroatoms. The zero-order valence-corrected chi connectivity index (χ0v) is 12.3. The first-order valence-electron chi connectivity index (χ1n) is 5.99. The molecule has 0 saturated carbocycles. The molecule has 0 amide bonds. The summed E-state index contributed by atoms with van der Waals surface area (Å²) in [4.78, 5) is 12.2. The second-order valence-electron chi connectivity index (χ2n) is 4.28. The van der Waals surface area contributed by atoms with Crippen molar-refractivity contribution in [1.29, 1.82) is 0 Å². The molecule has 0 fully saturated rings. The van der Waals surface area contributed by atoms with E-state index in [4.69, 9.17) is 0 Å². The molecule has 0 atom stereocenters. The third-order valence-corrected chi connectivity index (χ3v) is 4.54. The van der Waals surface area contributed by atoms with Gasteiger partial charge in [-0.2, -0.15) is 11.8 Å². The van der Waals surface area contributed by atoms with E-state index in [9.17, 15) is 9.50 Å². The fraction of sp³-hybridized carbons (Fsp3) is 0.231. The quantitative estimate of drug-likeness (QED) is 0.775. The molecule has 3 aromatic heterocycles. The third kappa shape index (κ3) is 2.38. The van der Waals surface area contributed by atoms with Gasteiger partial charge in [0.15, 0.2) is 5.75 Å². The molecule has 0 aliphatic rings. The van der Waals surface area contributed by atoms with Crippen LogP contribution in [0.15, 0.2) is 18.5 Å². The first kappa shape index (κ1) is 13.4. The minimum absolute atomic E-state index is 0.195. The van der Waals surface area contributed by atoms with E-state index in [0.29, 0.717) is 16.1 Å². The molecule has 0 bridgehead atoms. The predicted octanol–water partition coefficient (Wildman–Crippen LogP) is 3.44. The number of aryl methyl sites for hydroxylation is 1. The zero-order valence-electron chi connectivity index (χ0n) is 10.7. The van der Waals surface area contributed by atoms with Crippen molar-refractivity contribution in [3.63, 3.8) is 0 Å². The lowest BCUT2D eigenvalue weighted by Crippen LogP contribution is -1.88. The normalized spacial score (nSPS) is 11.3. The maximum absolute atomic E-state index is 13.2. The molecule has 0 saturated heterocycles. The lowest BCUT2D eigenvalue weighted by molar-refractivity contribution is 0.473. The first-order valence-corrected chi connectivity index (χ1v) is 8.20. The summed E-state index contributed by atoms with van der Waals surface area (Å²) in [6.45, 7) is 0. The number of fused-ring (bicyclic) bond motifs is 1. The van der Waals surface area contributed by atoms with Crippen molar-refractivity contribution in [2.75, 3.05) is 12.0 Å². The fourth-order valence-corrected chi connectivity index (χ4v) is 3.32. The van der Waals surface area contributed by atoms with Crippen LogP contribution in [0.2, 0.25) is 0 Å². The average molecular weight is 309 g/mol. The minimum Gasteiger partial charge on any atom is -0.504 e. The van der Waals surface area contributed by atoms with Gasteiger partial charge in [0.25, 0.3) is 0 Å². The molecule has 2 N–H and O–H groups in total. The van der Waals surface area contributed by atoms with Crippen molar-refractivity contribution in [1.82, 2.24) is 15.0 Å². The van der Waals surface area contributed by atoms with Crippen LogP contribution in [0.25, 0.3) is 20.9 Å². The van der Waals surface area contributed by atoms with Gasteiger partial charge in [-0.3, -0.25) is 4.98 Å². The van der Waals surface area contributed by atoms with Crippen LogP contribution in [-0.4, -0.2) is 32.1 Å². The van der Waals surface area contributed by atoms with E-state index >= 15 is 0 Å². The lowest BCUT2D eigenvalue weighted by atomic mass is 10.3. The Kier molecular flexibility index (Phi) is 3.62. The van der Waals surface area contributed by atoms with Crippen LogP contribution in [0.1, 0.15) is 5.69 Å². The highest BCUT2D eigenvalue weighted by Gasteiger charge is 2.16. The number of nitrogens with zero attached hydrogens (tertiary/aromatic N) is 2. The Morgan fingerprint density at radius 3 is 3.00 bits per heavy atom. The second kappa shape index (κ2) is 5.41. The standard InChI is InChI=1S/C13H12FN3OS2/c1-19-3-2-9-11(18)10-13(16-9)20-12(17-10)7-4-8(14)6-15-5-7/h4-6,16,18H,2-3H2,1H3. The maximum Gasteiger partial charge on any atom is 0.163 e. The Labute approximate surface area is 123 Å². The van der Waals surface area contributed by atoms with Gasteiger partial charge in [0, 0.05) is 18.2 Å². The molecule has 3 heterocycles. The molecule has 0 aliphatic heterocycles. The molecule has 4 nitrogen and oxygen atoms in total. The number of hydrogen-bond acceptors (Lipinski definition) is 5. The summed E-state index contributed by atoms with van der Waals surface area (Å²) in [7, 11) is 0. The predicted molar refractivity (Wildman–Crippen MR) is 80.9 cm³/mol. The fourth-order valence-electron chi connectivity index (χ4n) is 1.94. The topological polar surface area (TPSA) is 61.8 Å². The molecular formula is C13H12FN3OS2. The van der Waals surface area contributed by atoms with Gasteiger partial charge in [-0.25, -0.2) is 9.37 Å². The van der Waals surface area contributed by atoms with E-state index in [1.54, 1.807) is 18.0 Å². The Morgan fingerprint density at radius 1 is 1.45 bits per heavy atom. The van der Waals surface area contributed by atoms with Crippen molar-refractivity contribution >= 4 is 33.4 Å². The highest BCUT2D eigenvalue weighted by molar-refractivity contribution is 7.98. The molecule has 3 aromatic rings. The van der Waals surface area contributed by atoms with E-state index in [2.05, 4.69) is 15.0 Å². The molecular weight excluding hydrogens is 297 g/mol. The number of aromatic hydroxyl groups is 1. The molecule has 0 unspecified atom stereocenters. The summed E-state index contributed by atoms with van der Waals surface area (Å²) in [5.74, 6) is 0.731. The molecule has 0 aromatic carbocycles. The molecule has 0 aliphatic carbocycles. The molecule has 104 valence electrons. The first-order chi connectivity index (χ1) is 9.69. The van der Waals surface area contributed by atoms with E-state index < -0.39 is 5.82 Å². The Balaban J connectivity index is 2.00. The van der Waals surface area contributed by atoms with Gasteiger partial charge in [-0.1, -0.05) is 11.3 Å². The Hall–Kier alpha value is -1.60. The van der Waals surface area contributed by atoms with E-state index in [0.717, 1.165) is 28.9 Å². The number of nitrogens with one attached hydrogen (secondary N) is 1. The van der Waals surface area contributed by atoms with E-state index in [1.165, 1.54) is 17.4 Å². The maximum atomic E-state index is 13.2. The van der Waals surface area contributed by atoms with Crippen LogP contribution in [0, 0.1) is 5.82 Å². The van der Waals surface area contributed by atoms with Crippen LogP contribution in [-0.2, 0) is 6.42 Å². The van der Waals surface area contributed by atoms with Gasteiger partial charge >= 0.3 is 0 Å². The van der Waals surface area contributed by atoms with Crippen molar-refractivity contribution < 1.29 is 9.50 Å². The highest BCUT2D eigenvalue weighted by atomic mass is 32.2. The van der Waals surface area contributed by atoms with Gasteiger partial charge in [0.05, 0.1) is 11.9 Å². The van der Waals surface area contributed by atoms with Crippen molar-refractivity contribution in [3.05, 3.63) is 30.0 Å². The molecule has 3 rings (SSSR count). The summed E-state index contributed by atoms with van der Waals surface area (Å²) in [6, 6.07) is 1.39. The number of H-pyrrole nitrogens is 1. The van der Waals surface area contributed by atoms with Gasteiger partial charge in [0.2, 0.25) is 0 Å². The van der Waals surface area contributed by atoms with Gasteiger partial charge in [-0.15, -0.1) is 0 Å². The van der Waals surface area contributed by atoms with Gasteiger partial charge < -0.3 is 10.1 Å². The zero-order chi connectivity index (χ0) is 14.1. The molecule has 20 heavy (non-hydrogen) atoms. The summed E-state index contributed by atoms with van der Waals surface area (Å²) < 4.78 is 13.2. The number of halogens is 1. The van der Waals surface area contributed by atoms with Crippen LogP contribution in [0.4, 0.5) is 4.39 Å². The molecule has 0 spiro atoms. The van der Waals surface area contributed by atoms with Gasteiger partial charge in [0.1, 0.15) is 21.2 Å². The summed E-state index contributed by atoms with van der Waals surface area (Å²) in [5.41, 5.74) is 1.96. The van der Waals surface area contributed by atoms with Crippen LogP contribution in [0.5, 0.6) is 5.75 Å². The highest BCUT2D eigenvalue weighted by Crippen LogP contribution is 2.36. The van der Waals surface area contributed by atoms with Crippen LogP contribution < -0.4 is 0 Å². The lowest BCUT2D eigenvalue weighted by Gasteiger charge is -1.97. The summed E-state index contributed by atoms with van der Waals surface area (Å²) >= 11 is 3.11. The Morgan fingerprint density at radius 2 is 2.30 bits per heavy atom. The Bertz CT molecular complexity index is 753. The number of aromatic amines is 1. The largest absolute Gasteiger partial charge is 0.504 e. The smallest absolute Gasteiger partial charge is 0.163 e. The molecule has 0 radical (unpaired) electrons. The number of thioether (sulfide) groups is 1. The third-order valence-electron chi connectivity index (χ3n) is 2.91. The van der Waals surface area contributed by atoms with Crippen molar-refractivity contribution in [2.45, 2.75) is 6.42 Å². The van der Waals surface area contributed by atoms with Crippen LogP contribution in [0.3, 0.4) is 0 Å². The summed E-state index contributed by atoms with van der Waals surface area (Å²) in [5, 5.41) is 10.8. The number of hydrogen-bond donors (Lipinski definition) is 2. The SMILES string of the molecule is CSCCc1[nH]c2sc(-c3cncc(F)c3)nc2c1O. The van der Waals surface area contributed by atoms with Crippen molar-refractivity contribution in [3.8, 4) is 16.3 Å². The summed E-state index contributed by atoms with van der Waals surface area (Å²) in [6.07, 6.45) is 5.51. The van der Waals surface area contributed by atoms with E-state index in [-0.39, 0.29) is 5.75 Å². The van der Waals surface area contributed by atoms with Crippen LogP contribution >= 0.6 is 23.1 Å². The monoisotopic (exact) mass is 309 g/mol. The number of pyridine rings is 1. The number of aromatic nitrogens is 3. The van der Waals surface area contributed by atoms with E-state index in [1.807, 2.05) is 6.26 Å². The minimum atomic E-state index is -0.397. The average Bonchev–Trinajstić information content (AvgIpc) is 2.97. The second-order valence-corrected chi connectivity index (χ2v) is 6.27. The number of rotatable bonds is 4.